The molecule has 1 amide bonds. The molecule has 0 fully saturated rings. The van der Waals surface area contributed by atoms with Crippen LogP contribution in [0.3, 0.4) is 0 Å². The van der Waals surface area contributed by atoms with Gasteiger partial charge in [-0.25, -0.2) is 5.43 Å². The monoisotopic (exact) mass is 483 g/mol. The molecule has 0 unspecified atom stereocenters. The van der Waals surface area contributed by atoms with Crippen LogP contribution in [0.15, 0.2) is 50.4 Å². The second-order valence-electron chi connectivity index (χ2n) is 4.91. The Bertz CT molecular complexity index is 874. The molecule has 8 nitrogen and oxygen atoms in total. The summed E-state index contributed by atoms with van der Waals surface area (Å²) in [6, 6.07) is 8.46. The number of esters is 1. The third-order valence-electron chi connectivity index (χ3n) is 2.99. The van der Waals surface area contributed by atoms with Crippen molar-refractivity contribution in [1.82, 2.24) is 5.43 Å². The van der Waals surface area contributed by atoms with Crippen molar-refractivity contribution in [2.45, 2.75) is 6.92 Å². The number of halogens is 2. The van der Waals surface area contributed by atoms with Crippen LogP contribution in [0.4, 0.5) is 5.69 Å². The second kappa shape index (κ2) is 8.68. The highest BCUT2D eigenvalue weighted by Crippen LogP contribution is 2.34. The summed E-state index contributed by atoms with van der Waals surface area (Å²) < 4.78 is 6.13. The number of nitrogens with one attached hydrogen (secondary N) is 1. The molecule has 0 aliphatic heterocycles. The fraction of sp³-hybridized carbons (Fsp3) is 0.0625. The van der Waals surface area contributed by atoms with Crippen LogP contribution < -0.4 is 10.2 Å². The van der Waals surface area contributed by atoms with Crippen LogP contribution in [0, 0.1) is 10.1 Å². The van der Waals surface area contributed by atoms with E-state index >= 15 is 0 Å². The first-order chi connectivity index (χ1) is 12.3. The number of hydrogen-bond acceptors (Lipinski definition) is 6. The number of hydrogen-bond donors (Lipinski definition) is 1. The summed E-state index contributed by atoms with van der Waals surface area (Å²) >= 11 is 6.58. The van der Waals surface area contributed by atoms with Crippen molar-refractivity contribution >= 4 is 55.6 Å². The Morgan fingerprint density at radius 2 is 1.77 bits per heavy atom. The minimum atomic E-state index is -0.547. The number of nitro benzene ring substituents is 1. The molecular formula is C16H11Br2N3O5. The van der Waals surface area contributed by atoms with Crippen molar-refractivity contribution in [3.05, 3.63) is 66.6 Å². The molecule has 0 spiro atoms. The average molecular weight is 485 g/mol. The molecule has 0 saturated carbocycles. The van der Waals surface area contributed by atoms with Gasteiger partial charge in [0, 0.05) is 24.6 Å². The SMILES string of the molecule is CC(=O)Oc1c(Br)cc(/C=N\NC(=O)c2ccc([N+](=O)[O-])cc2)cc1Br. The smallest absolute Gasteiger partial charge is 0.308 e. The van der Waals surface area contributed by atoms with E-state index in [9.17, 15) is 19.7 Å². The molecule has 2 aromatic rings. The number of carbonyl (C=O) groups excluding carboxylic acids is 2. The van der Waals surface area contributed by atoms with Gasteiger partial charge in [0.05, 0.1) is 20.1 Å². The number of hydrazone groups is 1. The molecule has 0 saturated heterocycles. The fourth-order valence-corrected chi connectivity index (χ4v) is 3.24. The van der Waals surface area contributed by atoms with Crippen molar-refractivity contribution in [2.24, 2.45) is 5.10 Å². The molecule has 0 aliphatic carbocycles. The quantitative estimate of drug-likeness (QED) is 0.228. The Hall–Kier alpha value is -2.59. The van der Waals surface area contributed by atoms with Gasteiger partial charge in [-0.05, 0) is 61.7 Å². The number of ether oxygens (including phenoxy) is 1. The van der Waals surface area contributed by atoms with Gasteiger partial charge in [0.1, 0.15) is 0 Å². The number of benzene rings is 2. The lowest BCUT2D eigenvalue weighted by Crippen LogP contribution is -2.17. The van der Waals surface area contributed by atoms with Gasteiger partial charge in [-0.1, -0.05) is 0 Å². The van der Waals surface area contributed by atoms with E-state index in [-0.39, 0.29) is 11.3 Å². The summed E-state index contributed by atoms with van der Waals surface area (Å²) in [4.78, 5) is 33.1. The fourth-order valence-electron chi connectivity index (χ4n) is 1.86. The zero-order valence-electron chi connectivity index (χ0n) is 13.2. The van der Waals surface area contributed by atoms with Crippen LogP contribution in [0.2, 0.25) is 0 Å². The van der Waals surface area contributed by atoms with Crippen LogP contribution in [0.1, 0.15) is 22.8 Å². The van der Waals surface area contributed by atoms with Crippen molar-refractivity contribution in [3.8, 4) is 5.75 Å². The normalized spacial score (nSPS) is 10.6. The Kier molecular flexibility index (Phi) is 6.58. The van der Waals surface area contributed by atoms with E-state index in [4.69, 9.17) is 4.74 Å². The topological polar surface area (TPSA) is 111 Å². The van der Waals surface area contributed by atoms with E-state index in [1.54, 1.807) is 12.1 Å². The molecule has 0 aromatic heterocycles. The van der Waals surface area contributed by atoms with Crippen LogP contribution in [0.5, 0.6) is 5.75 Å². The lowest BCUT2D eigenvalue weighted by Gasteiger charge is -2.07. The van der Waals surface area contributed by atoms with Crippen LogP contribution in [-0.2, 0) is 4.79 Å². The standard InChI is InChI=1S/C16H11Br2N3O5/c1-9(22)26-15-13(17)6-10(7-14(15)18)8-19-20-16(23)11-2-4-12(5-3-11)21(24)25/h2-8H,1H3,(H,20,23)/b19-8-. The first-order valence-corrected chi connectivity index (χ1v) is 8.62. The second-order valence-corrected chi connectivity index (χ2v) is 6.62. The van der Waals surface area contributed by atoms with Crippen molar-refractivity contribution in [1.29, 1.82) is 0 Å². The molecule has 2 aromatic carbocycles. The number of carbonyl (C=O) groups is 2. The lowest BCUT2D eigenvalue weighted by molar-refractivity contribution is -0.384. The molecule has 0 heterocycles. The zero-order valence-corrected chi connectivity index (χ0v) is 16.4. The Morgan fingerprint density at radius 1 is 1.19 bits per heavy atom. The summed E-state index contributed by atoms with van der Waals surface area (Å²) in [6.45, 7) is 1.29. The van der Waals surface area contributed by atoms with E-state index in [1.807, 2.05) is 0 Å². The first-order valence-electron chi connectivity index (χ1n) is 7.03. The largest absolute Gasteiger partial charge is 0.424 e. The number of nitro groups is 1. The highest BCUT2D eigenvalue weighted by molar-refractivity contribution is 9.11. The van der Waals surface area contributed by atoms with Gasteiger partial charge >= 0.3 is 5.97 Å². The van der Waals surface area contributed by atoms with Gasteiger partial charge in [-0.2, -0.15) is 5.10 Å². The molecule has 0 bridgehead atoms. The van der Waals surface area contributed by atoms with Gasteiger partial charge in [-0.15, -0.1) is 0 Å². The summed E-state index contributed by atoms with van der Waals surface area (Å²) in [6.07, 6.45) is 1.40. The maximum Gasteiger partial charge on any atom is 0.308 e. The average Bonchev–Trinajstić information content (AvgIpc) is 2.58. The van der Waals surface area contributed by atoms with Gasteiger partial charge in [-0.3, -0.25) is 19.7 Å². The zero-order chi connectivity index (χ0) is 19.3. The summed E-state index contributed by atoms with van der Waals surface area (Å²) in [5.74, 6) is -0.626. The highest BCUT2D eigenvalue weighted by Gasteiger charge is 2.11. The molecule has 0 aliphatic rings. The lowest BCUT2D eigenvalue weighted by atomic mass is 10.2. The predicted octanol–water partition coefficient (Wildman–Crippen LogP) is 3.81. The summed E-state index contributed by atoms with van der Waals surface area (Å²) in [5, 5.41) is 14.4. The van der Waals surface area contributed by atoms with E-state index in [2.05, 4.69) is 42.4 Å². The van der Waals surface area contributed by atoms with Crippen molar-refractivity contribution in [3.63, 3.8) is 0 Å². The van der Waals surface area contributed by atoms with E-state index in [0.717, 1.165) is 0 Å². The van der Waals surface area contributed by atoms with Crippen LogP contribution >= 0.6 is 31.9 Å². The third kappa shape index (κ3) is 5.20. The molecule has 2 rings (SSSR count). The Balaban J connectivity index is 2.06. The number of amides is 1. The molecule has 10 heteroatoms. The molecule has 134 valence electrons. The van der Waals surface area contributed by atoms with Crippen molar-refractivity contribution in [2.75, 3.05) is 0 Å². The van der Waals surface area contributed by atoms with Gasteiger partial charge in [0.25, 0.3) is 11.6 Å². The Labute approximate surface area is 164 Å². The maximum atomic E-state index is 12.0. The molecule has 0 atom stereocenters. The predicted molar refractivity (Wildman–Crippen MR) is 101 cm³/mol. The molecule has 0 radical (unpaired) electrons. The minimum Gasteiger partial charge on any atom is -0.424 e. The van der Waals surface area contributed by atoms with Crippen molar-refractivity contribution < 1.29 is 19.2 Å². The molecule has 26 heavy (non-hydrogen) atoms. The van der Waals surface area contributed by atoms with E-state index < -0.39 is 16.8 Å². The van der Waals surface area contributed by atoms with Gasteiger partial charge < -0.3 is 4.74 Å². The Morgan fingerprint density at radius 3 is 2.27 bits per heavy atom. The third-order valence-corrected chi connectivity index (χ3v) is 4.16. The number of non-ortho nitro benzene ring substituents is 1. The van der Waals surface area contributed by atoms with Crippen LogP contribution in [0.25, 0.3) is 0 Å². The van der Waals surface area contributed by atoms with E-state index in [1.165, 1.54) is 37.4 Å². The summed E-state index contributed by atoms with van der Waals surface area (Å²) in [7, 11) is 0. The molecular weight excluding hydrogens is 474 g/mol. The van der Waals surface area contributed by atoms with Gasteiger partial charge in [0.15, 0.2) is 5.75 Å². The number of rotatable bonds is 5. The van der Waals surface area contributed by atoms with Gasteiger partial charge in [0.2, 0.25) is 0 Å². The summed E-state index contributed by atoms with van der Waals surface area (Å²) in [5.41, 5.74) is 3.09. The number of nitrogens with zero attached hydrogens (tertiary/aromatic N) is 2. The molecule has 1 N–H and O–H groups in total. The maximum absolute atomic E-state index is 12.0. The first kappa shape index (κ1) is 19.7. The van der Waals surface area contributed by atoms with Crippen LogP contribution in [-0.4, -0.2) is 23.0 Å². The minimum absolute atomic E-state index is 0.104. The highest BCUT2D eigenvalue weighted by atomic mass is 79.9. The van der Waals surface area contributed by atoms with E-state index in [0.29, 0.717) is 20.3 Å².